The summed E-state index contributed by atoms with van der Waals surface area (Å²) < 4.78 is 28.2. The summed E-state index contributed by atoms with van der Waals surface area (Å²) in [5, 5.41) is 3.12. The van der Waals surface area contributed by atoms with Gasteiger partial charge in [0, 0.05) is 11.6 Å². The molecule has 0 heterocycles. The summed E-state index contributed by atoms with van der Waals surface area (Å²) in [4.78, 5) is 0. The number of likely N-dealkylation sites (N-methyl/N-ethyl adjacent to an activating group) is 1. The molecule has 0 saturated heterocycles. The SMILES string of the molecule is CNC(Cc1c(F)ccc(Br)c1F)c1cccc(C)c1. The predicted octanol–water partition coefficient (Wildman–Crippen LogP) is 4.54. The van der Waals surface area contributed by atoms with Crippen molar-refractivity contribution in [2.45, 2.75) is 19.4 Å². The zero-order valence-electron chi connectivity index (χ0n) is 11.4. The summed E-state index contributed by atoms with van der Waals surface area (Å²) in [6.45, 7) is 2.00. The lowest BCUT2D eigenvalue weighted by Gasteiger charge is -2.18. The Labute approximate surface area is 126 Å². The lowest BCUT2D eigenvalue weighted by Crippen LogP contribution is -2.20. The van der Waals surface area contributed by atoms with Crippen molar-refractivity contribution >= 4 is 15.9 Å². The minimum absolute atomic E-state index is 0.0974. The summed E-state index contributed by atoms with van der Waals surface area (Å²) in [7, 11) is 1.79. The number of halogens is 3. The molecule has 0 radical (unpaired) electrons. The quantitative estimate of drug-likeness (QED) is 0.806. The molecule has 0 bridgehead atoms. The molecule has 0 saturated carbocycles. The van der Waals surface area contributed by atoms with Gasteiger partial charge in [-0.15, -0.1) is 0 Å². The fourth-order valence-electron chi connectivity index (χ4n) is 2.23. The van der Waals surface area contributed by atoms with Crippen LogP contribution in [0, 0.1) is 18.6 Å². The molecule has 0 spiro atoms. The minimum Gasteiger partial charge on any atom is -0.313 e. The second kappa shape index (κ2) is 6.46. The average molecular weight is 340 g/mol. The molecule has 0 amide bonds. The third kappa shape index (κ3) is 3.25. The maximum atomic E-state index is 14.0. The van der Waals surface area contributed by atoms with E-state index < -0.39 is 11.6 Å². The van der Waals surface area contributed by atoms with Gasteiger partial charge in [0.2, 0.25) is 0 Å². The van der Waals surface area contributed by atoms with E-state index in [0.29, 0.717) is 0 Å². The van der Waals surface area contributed by atoms with Gasteiger partial charge in [0.25, 0.3) is 0 Å². The fourth-order valence-corrected chi connectivity index (χ4v) is 2.61. The van der Waals surface area contributed by atoms with Crippen LogP contribution in [-0.4, -0.2) is 7.05 Å². The lowest BCUT2D eigenvalue weighted by atomic mass is 9.97. The van der Waals surface area contributed by atoms with Gasteiger partial charge in [-0.1, -0.05) is 29.8 Å². The van der Waals surface area contributed by atoms with E-state index in [0.717, 1.165) is 11.1 Å². The predicted molar refractivity (Wildman–Crippen MR) is 80.7 cm³/mol. The second-order valence-corrected chi connectivity index (χ2v) is 5.64. The number of hydrogen-bond donors (Lipinski definition) is 1. The highest BCUT2D eigenvalue weighted by atomic mass is 79.9. The van der Waals surface area contributed by atoms with Crippen LogP contribution in [0.15, 0.2) is 40.9 Å². The molecule has 0 fully saturated rings. The van der Waals surface area contributed by atoms with Crippen molar-refractivity contribution in [3.63, 3.8) is 0 Å². The van der Waals surface area contributed by atoms with Gasteiger partial charge in [0.1, 0.15) is 11.6 Å². The fraction of sp³-hybridized carbons (Fsp3) is 0.250. The molecule has 0 aliphatic heterocycles. The zero-order chi connectivity index (χ0) is 14.7. The van der Waals surface area contributed by atoms with Gasteiger partial charge in [-0.3, -0.25) is 0 Å². The van der Waals surface area contributed by atoms with Crippen LogP contribution in [-0.2, 0) is 6.42 Å². The molecule has 2 rings (SSSR count). The van der Waals surface area contributed by atoms with E-state index >= 15 is 0 Å². The van der Waals surface area contributed by atoms with Crippen LogP contribution in [0.5, 0.6) is 0 Å². The van der Waals surface area contributed by atoms with Crippen LogP contribution in [0.4, 0.5) is 8.78 Å². The lowest BCUT2D eigenvalue weighted by molar-refractivity contribution is 0.512. The topological polar surface area (TPSA) is 12.0 Å². The van der Waals surface area contributed by atoms with Crippen LogP contribution in [0.3, 0.4) is 0 Å². The molecule has 1 N–H and O–H groups in total. The van der Waals surface area contributed by atoms with Crippen molar-refractivity contribution < 1.29 is 8.78 Å². The van der Waals surface area contributed by atoms with E-state index in [1.54, 1.807) is 7.05 Å². The Hall–Kier alpha value is -1.26. The molecule has 1 atom stereocenters. The average Bonchev–Trinajstić information content (AvgIpc) is 2.43. The first-order valence-electron chi connectivity index (χ1n) is 6.39. The molecule has 2 aromatic carbocycles. The number of hydrogen-bond acceptors (Lipinski definition) is 1. The highest BCUT2D eigenvalue weighted by Crippen LogP contribution is 2.26. The van der Waals surface area contributed by atoms with E-state index in [1.807, 2.05) is 31.2 Å². The van der Waals surface area contributed by atoms with E-state index in [-0.39, 0.29) is 22.5 Å². The van der Waals surface area contributed by atoms with Crippen LogP contribution in [0.2, 0.25) is 0 Å². The van der Waals surface area contributed by atoms with Crippen molar-refractivity contribution in [3.8, 4) is 0 Å². The Morgan fingerprint density at radius 3 is 2.60 bits per heavy atom. The third-order valence-electron chi connectivity index (χ3n) is 3.34. The maximum Gasteiger partial charge on any atom is 0.143 e. The van der Waals surface area contributed by atoms with Crippen molar-refractivity contribution in [3.05, 3.63) is 69.2 Å². The van der Waals surface area contributed by atoms with Crippen molar-refractivity contribution in [2.75, 3.05) is 7.05 Å². The molecule has 0 aliphatic rings. The van der Waals surface area contributed by atoms with Gasteiger partial charge < -0.3 is 5.32 Å². The Balaban J connectivity index is 2.34. The molecule has 20 heavy (non-hydrogen) atoms. The molecule has 106 valence electrons. The van der Waals surface area contributed by atoms with Gasteiger partial charge in [0.05, 0.1) is 4.47 Å². The normalized spacial score (nSPS) is 12.4. The first-order chi connectivity index (χ1) is 9.52. The molecule has 2 aromatic rings. The Morgan fingerprint density at radius 2 is 1.95 bits per heavy atom. The Morgan fingerprint density at radius 1 is 1.20 bits per heavy atom. The Kier molecular flexibility index (Phi) is 4.89. The van der Waals surface area contributed by atoms with Crippen molar-refractivity contribution in [1.29, 1.82) is 0 Å². The van der Waals surface area contributed by atoms with Gasteiger partial charge >= 0.3 is 0 Å². The largest absolute Gasteiger partial charge is 0.313 e. The van der Waals surface area contributed by atoms with Crippen molar-refractivity contribution in [1.82, 2.24) is 5.32 Å². The van der Waals surface area contributed by atoms with E-state index in [1.165, 1.54) is 12.1 Å². The number of nitrogens with one attached hydrogen (secondary N) is 1. The number of benzene rings is 2. The molecule has 1 nitrogen and oxygen atoms in total. The first-order valence-corrected chi connectivity index (χ1v) is 7.18. The molecule has 0 aliphatic carbocycles. The van der Waals surface area contributed by atoms with E-state index in [4.69, 9.17) is 0 Å². The van der Waals surface area contributed by atoms with Crippen molar-refractivity contribution in [2.24, 2.45) is 0 Å². The van der Waals surface area contributed by atoms with E-state index in [9.17, 15) is 8.78 Å². The highest BCUT2D eigenvalue weighted by molar-refractivity contribution is 9.10. The Bertz CT molecular complexity index is 613. The molecule has 1 unspecified atom stereocenters. The highest BCUT2D eigenvalue weighted by Gasteiger charge is 2.18. The summed E-state index contributed by atoms with van der Waals surface area (Å²) in [6.07, 6.45) is 0.261. The number of aryl methyl sites for hydroxylation is 1. The summed E-state index contributed by atoms with van der Waals surface area (Å²) in [5.74, 6) is -1.04. The third-order valence-corrected chi connectivity index (χ3v) is 3.95. The minimum atomic E-state index is -0.530. The summed E-state index contributed by atoms with van der Waals surface area (Å²) >= 11 is 3.10. The maximum absolute atomic E-state index is 14.0. The second-order valence-electron chi connectivity index (χ2n) is 4.78. The molecular weight excluding hydrogens is 324 g/mol. The number of rotatable bonds is 4. The van der Waals surface area contributed by atoms with Crippen LogP contribution >= 0.6 is 15.9 Å². The summed E-state index contributed by atoms with van der Waals surface area (Å²) in [5.41, 5.74) is 2.24. The molecular formula is C16H16BrF2N. The van der Waals surface area contributed by atoms with Gasteiger partial charge in [-0.2, -0.15) is 0 Å². The monoisotopic (exact) mass is 339 g/mol. The van der Waals surface area contributed by atoms with Gasteiger partial charge in [-0.25, -0.2) is 8.78 Å². The zero-order valence-corrected chi connectivity index (χ0v) is 13.0. The molecule has 0 aromatic heterocycles. The molecule has 4 heteroatoms. The van der Waals surface area contributed by atoms with Crippen LogP contribution in [0.25, 0.3) is 0 Å². The standard InChI is InChI=1S/C16H16BrF2N/c1-10-4-3-5-11(8-10)15(20-2)9-12-14(18)7-6-13(17)16(12)19/h3-8,15,20H,9H2,1-2H3. The van der Waals surface area contributed by atoms with E-state index in [2.05, 4.69) is 21.2 Å². The van der Waals surface area contributed by atoms with Gasteiger partial charge in [-0.05, 0) is 54.0 Å². The van der Waals surface area contributed by atoms with Crippen LogP contribution in [0.1, 0.15) is 22.7 Å². The van der Waals surface area contributed by atoms with Gasteiger partial charge in [0.15, 0.2) is 0 Å². The van der Waals surface area contributed by atoms with Crippen LogP contribution < -0.4 is 5.32 Å². The first kappa shape index (κ1) is 15.1. The summed E-state index contributed by atoms with van der Waals surface area (Å²) in [6, 6.07) is 10.5. The smallest absolute Gasteiger partial charge is 0.143 e.